The third-order valence-corrected chi connectivity index (χ3v) is 10.2. The van der Waals surface area contributed by atoms with Gasteiger partial charge >= 0.3 is 0 Å². The summed E-state index contributed by atoms with van der Waals surface area (Å²) < 4.78 is 2.44. The molecule has 0 bridgehead atoms. The van der Waals surface area contributed by atoms with Gasteiger partial charge in [-0.1, -0.05) is 57.1 Å². The second-order valence-corrected chi connectivity index (χ2v) is 10.2. The molecule has 0 spiro atoms. The van der Waals surface area contributed by atoms with E-state index < -0.39 is 8.07 Å². The zero-order valence-corrected chi connectivity index (χ0v) is 12.5. The molecule has 17 heavy (non-hydrogen) atoms. The summed E-state index contributed by atoms with van der Waals surface area (Å²) in [6, 6.07) is 15.2. The Balaban J connectivity index is 2.65. The van der Waals surface area contributed by atoms with Crippen LogP contribution in [0.3, 0.4) is 0 Å². The number of aromatic nitrogens is 1. The van der Waals surface area contributed by atoms with E-state index in [1.165, 1.54) is 29.0 Å². The average Bonchev–Trinajstić information content (AvgIpc) is 2.72. The molecule has 92 valence electrons. The number of benzene rings is 1. The first-order valence-corrected chi connectivity index (χ1v) is 9.35. The maximum Gasteiger partial charge on any atom is 0.107 e. The first kappa shape index (κ1) is 12.4. The van der Waals surface area contributed by atoms with Gasteiger partial charge in [0.1, 0.15) is 8.07 Å². The quantitative estimate of drug-likeness (QED) is 0.720. The van der Waals surface area contributed by atoms with Gasteiger partial charge in [0, 0.05) is 17.9 Å². The lowest BCUT2D eigenvalue weighted by Crippen LogP contribution is -2.48. The normalized spacial score (nSPS) is 12.2. The topological polar surface area (TPSA) is 4.93 Å². The van der Waals surface area contributed by atoms with Crippen molar-refractivity contribution in [2.75, 3.05) is 0 Å². The Morgan fingerprint density at radius 3 is 2.12 bits per heavy atom. The average molecular weight is 245 g/mol. The highest BCUT2D eigenvalue weighted by Crippen LogP contribution is 2.23. The van der Waals surface area contributed by atoms with E-state index in [2.05, 4.69) is 62.7 Å². The molecule has 0 aliphatic rings. The van der Waals surface area contributed by atoms with Crippen molar-refractivity contribution in [1.29, 1.82) is 0 Å². The summed E-state index contributed by atoms with van der Waals surface area (Å²) in [5, 5.41) is 3.03. The van der Waals surface area contributed by atoms with Crippen molar-refractivity contribution in [3.05, 3.63) is 30.3 Å². The van der Waals surface area contributed by atoms with Crippen LogP contribution in [0, 0.1) is 0 Å². The second kappa shape index (κ2) is 4.69. The molecule has 2 heteroatoms. The van der Waals surface area contributed by atoms with Crippen LogP contribution in [0.2, 0.25) is 18.1 Å². The number of rotatable bonds is 4. The van der Waals surface area contributed by atoms with Crippen LogP contribution in [0.4, 0.5) is 0 Å². The van der Waals surface area contributed by atoms with Gasteiger partial charge in [-0.15, -0.1) is 0 Å². The summed E-state index contributed by atoms with van der Waals surface area (Å²) in [5.74, 6) is 0. The molecule has 0 aliphatic carbocycles. The number of nitrogens with zero attached hydrogens (tertiary/aromatic N) is 1. The summed E-state index contributed by atoms with van der Waals surface area (Å²) in [4.78, 5) is 0. The van der Waals surface area contributed by atoms with E-state index in [0.717, 1.165) is 0 Å². The van der Waals surface area contributed by atoms with Crippen LogP contribution in [0.5, 0.6) is 0 Å². The minimum atomic E-state index is -1.26. The summed E-state index contributed by atoms with van der Waals surface area (Å²) in [6.07, 6.45) is 0. The Hall–Kier alpha value is -1.02. The molecule has 0 fully saturated rings. The van der Waals surface area contributed by atoms with Crippen molar-refractivity contribution < 1.29 is 0 Å². The van der Waals surface area contributed by atoms with Crippen molar-refractivity contribution in [3.63, 3.8) is 0 Å². The molecule has 0 amide bonds. The molecule has 2 rings (SSSR count). The molecule has 1 nitrogen and oxygen atoms in total. The highest BCUT2D eigenvalue weighted by atomic mass is 28.3. The second-order valence-electron chi connectivity index (χ2n) is 4.99. The van der Waals surface area contributed by atoms with Gasteiger partial charge in [-0.25, -0.2) is 0 Å². The summed E-state index contributed by atoms with van der Waals surface area (Å²) in [5.41, 5.74) is 1.38. The molecule has 0 saturated heterocycles. The van der Waals surface area contributed by atoms with E-state index in [-0.39, 0.29) is 0 Å². The molecule has 2 aromatic rings. The SMILES string of the molecule is CC[Si](CC)(CC)c1cc2ccccc2n1C. The van der Waals surface area contributed by atoms with Crippen LogP contribution in [0.15, 0.2) is 30.3 Å². The number of hydrogen-bond acceptors (Lipinski definition) is 0. The van der Waals surface area contributed by atoms with Crippen LogP contribution < -0.4 is 5.32 Å². The predicted octanol–water partition coefficient (Wildman–Crippen LogP) is 3.89. The summed E-state index contributed by atoms with van der Waals surface area (Å²) in [7, 11) is 0.978. The van der Waals surface area contributed by atoms with Crippen LogP contribution in [0.1, 0.15) is 20.8 Å². The Kier molecular flexibility index (Phi) is 3.43. The number of para-hydroxylation sites is 1. The van der Waals surface area contributed by atoms with Crippen LogP contribution >= 0.6 is 0 Å². The molecule has 1 heterocycles. The van der Waals surface area contributed by atoms with Gasteiger partial charge in [-0.3, -0.25) is 0 Å². The molecular formula is C15H23NSi. The molecule has 0 atom stereocenters. The van der Waals surface area contributed by atoms with Crippen molar-refractivity contribution in [2.24, 2.45) is 7.05 Å². The highest BCUT2D eigenvalue weighted by Gasteiger charge is 2.32. The minimum absolute atomic E-state index is 1.26. The third kappa shape index (κ3) is 1.84. The fourth-order valence-electron chi connectivity index (χ4n) is 3.09. The number of aryl methyl sites for hydroxylation is 1. The molecule has 0 aliphatic heterocycles. The van der Waals surface area contributed by atoms with Gasteiger partial charge in [0.25, 0.3) is 0 Å². The van der Waals surface area contributed by atoms with Gasteiger partial charge in [-0.05, 0) is 17.5 Å². The molecule has 0 saturated carbocycles. The Bertz CT molecular complexity index is 500. The highest BCUT2D eigenvalue weighted by molar-refractivity contribution is 6.91. The zero-order chi connectivity index (χ0) is 12.5. The van der Waals surface area contributed by atoms with Crippen LogP contribution in [0.25, 0.3) is 10.9 Å². The van der Waals surface area contributed by atoms with Gasteiger partial charge < -0.3 is 4.57 Å². The van der Waals surface area contributed by atoms with Gasteiger partial charge in [0.15, 0.2) is 0 Å². The van der Waals surface area contributed by atoms with Crippen molar-refractivity contribution in [3.8, 4) is 0 Å². The van der Waals surface area contributed by atoms with E-state index >= 15 is 0 Å². The summed E-state index contributed by atoms with van der Waals surface area (Å²) >= 11 is 0. The van der Waals surface area contributed by atoms with E-state index in [1.807, 2.05) is 0 Å². The predicted molar refractivity (Wildman–Crippen MR) is 79.8 cm³/mol. The first-order valence-electron chi connectivity index (χ1n) is 6.73. The molecule has 1 aromatic heterocycles. The Morgan fingerprint density at radius 2 is 1.59 bits per heavy atom. The van der Waals surface area contributed by atoms with E-state index in [9.17, 15) is 0 Å². The largest absolute Gasteiger partial charge is 0.352 e. The van der Waals surface area contributed by atoms with E-state index in [4.69, 9.17) is 0 Å². The molecule has 1 aromatic carbocycles. The van der Waals surface area contributed by atoms with Crippen molar-refractivity contribution >= 4 is 24.3 Å². The molecular weight excluding hydrogens is 222 g/mol. The monoisotopic (exact) mass is 245 g/mol. The Labute approximate surface area is 105 Å². The lowest BCUT2D eigenvalue weighted by Gasteiger charge is -2.28. The van der Waals surface area contributed by atoms with E-state index in [0.29, 0.717) is 0 Å². The number of fused-ring (bicyclic) bond motifs is 1. The smallest absolute Gasteiger partial charge is 0.107 e. The fraction of sp³-hybridized carbons (Fsp3) is 0.467. The van der Waals surface area contributed by atoms with Gasteiger partial charge in [-0.2, -0.15) is 0 Å². The first-order chi connectivity index (χ1) is 8.18. The molecule has 0 unspecified atom stereocenters. The standard InChI is InChI=1S/C15H23NSi/c1-5-17(6-2,7-3)15-12-13-10-8-9-11-14(13)16(15)4/h8-12H,5-7H2,1-4H3. The third-order valence-electron chi connectivity index (χ3n) is 4.53. The lowest BCUT2D eigenvalue weighted by molar-refractivity contribution is 0.983. The van der Waals surface area contributed by atoms with Gasteiger partial charge in [0.2, 0.25) is 0 Å². The van der Waals surface area contributed by atoms with Crippen molar-refractivity contribution in [1.82, 2.24) is 4.57 Å². The van der Waals surface area contributed by atoms with Gasteiger partial charge in [0.05, 0.1) is 0 Å². The Morgan fingerprint density at radius 1 is 1.00 bits per heavy atom. The summed E-state index contributed by atoms with van der Waals surface area (Å²) in [6.45, 7) is 7.12. The van der Waals surface area contributed by atoms with Crippen molar-refractivity contribution in [2.45, 2.75) is 38.9 Å². The fourth-order valence-corrected chi connectivity index (χ4v) is 6.97. The lowest BCUT2D eigenvalue weighted by atomic mass is 10.2. The van der Waals surface area contributed by atoms with Crippen LogP contribution in [-0.4, -0.2) is 12.6 Å². The zero-order valence-electron chi connectivity index (χ0n) is 11.5. The molecule has 0 N–H and O–H groups in total. The van der Waals surface area contributed by atoms with Crippen LogP contribution in [-0.2, 0) is 7.05 Å². The maximum absolute atomic E-state index is 2.44. The number of hydrogen-bond donors (Lipinski definition) is 0. The molecule has 0 radical (unpaired) electrons. The maximum atomic E-state index is 2.44. The van der Waals surface area contributed by atoms with E-state index in [1.54, 1.807) is 5.32 Å². The minimum Gasteiger partial charge on any atom is -0.352 e.